The Balaban J connectivity index is 1.66. The standard InChI is InChI=1S/C21H24N2O4/c1-3-4-13-27-18-11-7-16(8-12-18)23-20(24)14-19(21(23)25)22-15-5-9-17(26-2)10-6-15/h5-12,19,22H,3-4,13-14H2,1-2H3/t19-/m1/s1. The molecule has 0 saturated carbocycles. The zero-order valence-electron chi connectivity index (χ0n) is 15.6. The average molecular weight is 368 g/mol. The Morgan fingerprint density at radius 3 is 2.33 bits per heavy atom. The molecule has 1 aliphatic heterocycles. The van der Waals surface area contributed by atoms with E-state index in [1.165, 1.54) is 4.90 Å². The van der Waals surface area contributed by atoms with Crippen molar-refractivity contribution in [3.05, 3.63) is 48.5 Å². The highest BCUT2D eigenvalue weighted by Crippen LogP contribution is 2.27. The molecule has 2 aromatic rings. The van der Waals surface area contributed by atoms with Gasteiger partial charge in [-0.25, -0.2) is 4.90 Å². The minimum absolute atomic E-state index is 0.125. The van der Waals surface area contributed by atoms with E-state index in [1.807, 2.05) is 12.1 Å². The summed E-state index contributed by atoms with van der Waals surface area (Å²) in [6.07, 6.45) is 2.18. The first-order valence-corrected chi connectivity index (χ1v) is 9.12. The first kappa shape index (κ1) is 18.8. The van der Waals surface area contributed by atoms with Crippen LogP contribution < -0.4 is 19.7 Å². The number of ether oxygens (including phenoxy) is 2. The second kappa shape index (κ2) is 8.58. The highest BCUT2D eigenvalue weighted by Gasteiger charge is 2.39. The van der Waals surface area contributed by atoms with Crippen LogP contribution in [0.4, 0.5) is 11.4 Å². The van der Waals surface area contributed by atoms with Crippen molar-refractivity contribution in [3.63, 3.8) is 0 Å². The molecule has 0 aliphatic carbocycles. The minimum Gasteiger partial charge on any atom is -0.497 e. The summed E-state index contributed by atoms with van der Waals surface area (Å²) in [5.41, 5.74) is 1.33. The Morgan fingerprint density at radius 2 is 1.70 bits per heavy atom. The number of carbonyl (C=O) groups is 2. The summed E-state index contributed by atoms with van der Waals surface area (Å²) in [6, 6.07) is 13.7. The van der Waals surface area contributed by atoms with Crippen molar-refractivity contribution in [2.75, 3.05) is 23.9 Å². The molecule has 3 rings (SSSR count). The molecule has 0 unspecified atom stereocenters. The van der Waals surface area contributed by atoms with Gasteiger partial charge in [0.1, 0.15) is 17.5 Å². The van der Waals surface area contributed by atoms with Crippen LogP contribution in [0.5, 0.6) is 11.5 Å². The van der Waals surface area contributed by atoms with Crippen LogP contribution in [0.1, 0.15) is 26.2 Å². The summed E-state index contributed by atoms with van der Waals surface area (Å²) in [4.78, 5) is 26.4. The van der Waals surface area contributed by atoms with Gasteiger partial charge in [0.15, 0.2) is 0 Å². The summed E-state index contributed by atoms with van der Waals surface area (Å²) in [5, 5.41) is 3.13. The molecule has 1 aliphatic rings. The van der Waals surface area contributed by atoms with Gasteiger partial charge in [-0.15, -0.1) is 0 Å². The second-order valence-electron chi connectivity index (χ2n) is 6.39. The summed E-state index contributed by atoms with van der Waals surface area (Å²) in [5.74, 6) is 0.998. The molecule has 2 aromatic carbocycles. The Hall–Kier alpha value is -3.02. The number of carbonyl (C=O) groups excluding carboxylic acids is 2. The SMILES string of the molecule is CCCCOc1ccc(N2C(=O)C[C@@H](Nc3ccc(OC)cc3)C2=O)cc1. The van der Waals surface area contributed by atoms with E-state index in [1.54, 1.807) is 43.5 Å². The monoisotopic (exact) mass is 368 g/mol. The predicted molar refractivity (Wildman–Crippen MR) is 104 cm³/mol. The van der Waals surface area contributed by atoms with Gasteiger partial charge in [0.25, 0.3) is 5.91 Å². The quantitative estimate of drug-likeness (QED) is 0.569. The van der Waals surface area contributed by atoms with Gasteiger partial charge in [0.2, 0.25) is 5.91 Å². The first-order valence-electron chi connectivity index (χ1n) is 9.12. The number of rotatable bonds is 8. The van der Waals surface area contributed by atoms with Crippen LogP contribution in [0, 0.1) is 0 Å². The molecule has 1 atom stereocenters. The van der Waals surface area contributed by atoms with E-state index in [4.69, 9.17) is 9.47 Å². The summed E-state index contributed by atoms with van der Waals surface area (Å²) in [6.45, 7) is 2.76. The van der Waals surface area contributed by atoms with Crippen LogP contribution in [0.15, 0.2) is 48.5 Å². The zero-order valence-corrected chi connectivity index (χ0v) is 15.6. The van der Waals surface area contributed by atoms with Gasteiger partial charge in [0, 0.05) is 5.69 Å². The van der Waals surface area contributed by atoms with Crippen LogP contribution in [-0.2, 0) is 9.59 Å². The molecule has 6 heteroatoms. The molecule has 1 saturated heterocycles. The van der Waals surface area contributed by atoms with E-state index < -0.39 is 6.04 Å². The number of imide groups is 1. The van der Waals surface area contributed by atoms with Gasteiger partial charge in [0.05, 0.1) is 25.8 Å². The lowest BCUT2D eigenvalue weighted by Crippen LogP contribution is -2.34. The molecular weight excluding hydrogens is 344 g/mol. The van der Waals surface area contributed by atoms with E-state index in [2.05, 4.69) is 12.2 Å². The first-order chi connectivity index (χ1) is 13.1. The molecule has 142 valence electrons. The Bertz CT molecular complexity index is 787. The molecule has 6 nitrogen and oxygen atoms in total. The molecule has 0 spiro atoms. The van der Waals surface area contributed by atoms with Crippen LogP contribution in [0.25, 0.3) is 0 Å². The molecule has 0 bridgehead atoms. The Labute approximate surface area is 159 Å². The lowest BCUT2D eigenvalue weighted by molar-refractivity contribution is -0.121. The van der Waals surface area contributed by atoms with Crippen molar-refractivity contribution in [1.82, 2.24) is 0 Å². The van der Waals surface area contributed by atoms with Gasteiger partial charge in [-0.1, -0.05) is 13.3 Å². The van der Waals surface area contributed by atoms with Crippen molar-refractivity contribution in [2.45, 2.75) is 32.2 Å². The Kier molecular flexibility index (Phi) is 5.96. The van der Waals surface area contributed by atoms with Gasteiger partial charge >= 0.3 is 0 Å². The van der Waals surface area contributed by atoms with Crippen LogP contribution >= 0.6 is 0 Å². The normalized spacial score (nSPS) is 16.5. The molecule has 1 fully saturated rings. The maximum absolute atomic E-state index is 12.7. The third-order valence-electron chi connectivity index (χ3n) is 4.44. The molecule has 0 aromatic heterocycles. The summed E-state index contributed by atoms with van der Waals surface area (Å²) in [7, 11) is 1.60. The van der Waals surface area contributed by atoms with Crippen LogP contribution in [0.3, 0.4) is 0 Å². The fourth-order valence-electron chi connectivity index (χ4n) is 2.93. The number of methoxy groups -OCH3 is 1. The average Bonchev–Trinajstić information content (AvgIpc) is 2.96. The third-order valence-corrected chi connectivity index (χ3v) is 4.44. The van der Waals surface area contributed by atoms with Gasteiger partial charge in [-0.3, -0.25) is 9.59 Å². The van der Waals surface area contributed by atoms with E-state index in [9.17, 15) is 9.59 Å². The topological polar surface area (TPSA) is 67.9 Å². The van der Waals surface area contributed by atoms with Gasteiger partial charge < -0.3 is 14.8 Å². The molecule has 0 radical (unpaired) electrons. The summed E-state index contributed by atoms with van der Waals surface area (Å²) < 4.78 is 10.8. The van der Waals surface area contributed by atoms with E-state index in [0.717, 1.165) is 30.0 Å². The molecule has 27 heavy (non-hydrogen) atoms. The maximum Gasteiger partial charge on any atom is 0.256 e. The maximum atomic E-state index is 12.7. The van der Waals surface area contributed by atoms with E-state index in [-0.39, 0.29) is 18.2 Å². The van der Waals surface area contributed by atoms with E-state index in [0.29, 0.717) is 12.3 Å². The highest BCUT2D eigenvalue weighted by atomic mass is 16.5. The smallest absolute Gasteiger partial charge is 0.256 e. The van der Waals surface area contributed by atoms with Crippen molar-refractivity contribution in [3.8, 4) is 11.5 Å². The van der Waals surface area contributed by atoms with Crippen molar-refractivity contribution >= 4 is 23.2 Å². The number of benzene rings is 2. The van der Waals surface area contributed by atoms with Crippen LogP contribution in [-0.4, -0.2) is 31.6 Å². The number of hydrogen-bond donors (Lipinski definition) is 1. The fourth-order valence-corrected chi connectivity index (χ4v) is 2.93. The largest absolute Gasteiger partial charge is 0.497 e. The molecule has 1 heterocycles. The highest BCUT2D eigenvalue weighted by molar-refractivity contribution is 6.23. The number of anilines is 2. The third kappa shape index (κ3) is 4.39. The van der Waals surface area contributed by atoms with Crippen molar-refractivity contribution in [1.29, 1.82) is 0 Å². The number of nitrogens with zero attached hydrogens (tertiary/aromatic N) is 1. The summed E-state index contributed by atoms with van der Waals surface area (Å²) >= 11 is 0. The van der Waals surface area contributed by atoms with Crippen LogP contribution in [0.2, 0.25) is 0 Å². The molecule has 1 N–H and O–H groups in total. The lowest BCUT2D eigenvalue weighted by Gasteiger charge is -2.17. The predicted octanol–water partition coefficient (Wildman–Crippen LogP) is 3.62. The minimum atomic E-state index is -0.577. The van der Waals surface area contributed by atoms with Gasteiger partial charge in [-0.2, -0.15) is 0 Å². The van der Waals surface area contributed by atoms with Crippen molar-refractivity contribution < 1.29 is 19.1 Å². The van der Waals surface area contributed by atoms with Crippen molar-refractivity contribution in [2.24, 2.45) is 0 Å². The number of amides is 2. The zero-order chi connectivity index (χ0) is 19.2. The fraction of sp³-hybridized carbons (Fsp3) is 0.333. The number of unbranched alkanes of at least 4 members (excludes halogenated alkanes) is 1. The molecule has 2 amide bonds. The number of hydrogen-bond acceptors (Lipinski definition) is 5. The second-order valence-corrected chi connectivity index (χ2v) is 6.39. The van der Waals surface area contributed by atoms with E-state index >= 15 is 0 Å². The molecular formula is C21H24N2O4. The Morgan fingerprint density at radius 1 is 1.04 bits per heavy atom. The number of nitrogens with one attached hydrogen (secondary N) is 1. The lowest BCUT2D eigenvalue weighted by atomic mass is 10.2. The van der Waals surface area contributed by atoms with Gasteiger partial charge in [-0.05, 0) is 55.0 Å².